The van der Waals surface area contributed by atoms with Gasteiger partial charge in [-0.25, -0.2) is 0 Å². The number of hydrogen-bond donors (Lipinski definition) is 0. The van der Waals surface area contributed by atoms with Crippen LogP contribution in [0.3, 0.4) is 0 Å². The lowest BCUT2D eigenvalue weighted by molar-refractivity contribution is 0.669. The largest absolute Gasteiger partial charge is 0.456 e. The zero-order chi connectivity index (χ0) is 30.6. The number of rotatable bonds is 8. The van der Waals surface area contributed by atoms with Crippen molar-refractivity contribution in [1.82, 2.24) is 0 Å². The highest BCUT2D eigenvalue weighted by Gasteiger charge is 2.14. The Morgan fingerprint density at radius 2 is 1.09 bits per heavy atom. The molecule has 0 aliphatic carbocycles. The number of para-hydroxylation sites is 1. The molecule has 218 valence electrons. The maximum Gasteiger partial charge on any atom is 0.135 e. The maximum absolute atomic E-state index is 6.06. The fraction of sp³-hybridized carbons (Fsp3) is 0.0698. The molecule has 0 unspecified atom stereocenters. The van der Waals surface area contributed by atoms with Crippen molar-refractivity contribution in [2.45, 2.75) is 20.3 Å². The number of furan rings is 1. The number of nitrogens with zero attached hydrogens (tertiary/aromatic N) is 1. The van der Waals surface area contributed by atoms with Crippen molar-refractivity contribution in [2.24, 2.45) is 0 Å². The lowest BCUT2D eigenvalue weighted by Crippen LogP contribution is -2.09. The summed E-state index contributed by atoms with van der Waals surface area (Å²) < 4.78 is 6.06. The van der Waals surface area contributed by atoms with Crippen molar-refractivity contribution in [1.29, 1.82) is 0 Å². The van der Waals surface area contributed by atoms with E-state index in [-0.39, 0.29) is 0 Å². The lowest BCUT2D eigenvalue weighted by atomic mass is 10.0. The molecular formula is C43H35NO. The molecule has 1 heterocycles. The second-order valence-electron chi connectivity index (χ2n) is 11.2. The van der Waals surface area contributed by atoms with Crippen LogP contribution in [-0.2, 0) is 0 Å². The van der Waals surface area contributed by atoms with E-state index in [1.54, 1.807) is 0 Å². The van der Waals surface area contributed by atoms with Crippen molar-refractivity contribution < 1.29 is 4.42 Å². The highest BCUT2D eigenvalue weighted by atomic mass is 16.3. The van der Waals surface area contributed by atoms with Crippen LogP contribution in [0.25, 0.3) is 49.8 Å². The second kappa shape index (κ2) is 12.6. The van der Waals surface area contributed by atoms with Gasteiger partial charge in [-0.15, -0.1) is 0 Å². The number of benzene rings is 6. The predicted octanol–water partition coefficient (Wildman–Crippen LogP) is 12.8. The Morgan fingerprint density at radius 3 is 1.73 bits per heavy atom. The van der Waals surface area contributed by atoms with E-state index in [9.17, 15) is 0 Å². The molecule has 2 heteroatoms. The van der Waals surface area contributed by atoms with E-state index in [4.69, 9.17) is 4.42 Å². The third kappa shape index (κ3) is 5.71. The Kier molecular flexibility index (Phi) is 7.87. The molecule has 7 aromatic rings. The highest BCUT2D eigenvalue weighted by Crippen LogP contribution is 2.38. The number of hydrogen-bond acceptors (Lipinski definition) is 2. The number of fused-ring (bicyclic) bond motifs is 3. The van der Waals surface area contributed by atoms with Crippen LogP contribution in [0.5, 0.6) is 0 Å². The first-order valence-corrected chi connectivity index (χ1v) is 15.6. The first kappa shape index (κ1) is 28.2. The fourth-order valence-electron chi connectivity index (χ4n) is 6.07. The molecule has 0 fully saturated rings. The smallest absolute Gasteiger partial charge is 0.135 e. The molecule has 0 spiro atoms. The Hall–Kier alpha value is -5.60. The summed E-state index contributed by atoms with van der Waals surface area (Å²) in [4.78, 5) is 2.33. The molecule has 2 nitrogen and oxygen atoms in total. The van der Waals surface area contributed by atoms with E-state index < -0.39 is 0 Å². The first-order chi connectivity index (χ1) is 22.2. The zero-order valence-electron chi connectivity index (χ0n) is 25.7. The van der Waals surface area contributed by atoms with Crippen LogP contribution in [-0.4, -0.2) is 0 Å². The molecular weight excluding hydrogens is 546 g/mol. The summed E-state index contributed by atoms with van der Waals surface area (Å²) in [6.45, 7) is 4.25. The van der Waals surface area contributed by atoms with Crippen molar-refractivity contribution in [2.75, 3.05) is 4.90 Å². The molecule has 45 heavy (non-hydrogen) atoms. The topological polar surface area (TPSA) is 16.4 Å². The van der Waals surface area contributed by atoms with Crippen LogP contribution >= 0.6 is 0 Å². The molecule has 0 radical (unpaired) electrons. The quantitative estimate of drug-likeness (QED) is 0.166. The standard InChI is InChI=1S/C43H35NO/c1-3-10-31(11-4-2)33-16-23-37(24-17-33)44(38-25-18-34(19-26-38)32-12-6-5-7-13-32)39-27-20-35(21-28-39)36-22-29-43-41(30-36)40-14-8-9-15-42(40)45-43/h3,5-30H,4H2,1-2H3/b10-3-,31-11+. The average molecular weight is 582 g/mol. The van der Waals surface area contributed by atoms with Crippen molar-refractivity contribution in [3.63, 3.8) is 0 Å². The molecule has 7 rings (SSSR count). The van der Waals surface area contributed by atoms with E-state index in [1.165, 1.54) is 33.4 Å². The molecule has 0 bridgehead atoms. The van der Waals surface area contributed by atoms with Crippen LogP contribution in [0.1, 0.15) is 25.8 Å². The van der Waals surface area contributed by atoms with Gasteiger partial charge in [0.15, 0.2) is 0 Å². The summed E-state index contributed by atoms with van der Waals surface area (Å²) in [6.07, 6.45) is 7.56. The van der Waals surface area contributed by atoms with E-state index in [0.29, 0.717) is 0 Å². The van der Waals surface area contributed by atoms with Crippen LogP contribution in [0.4, 0.5) is 17.1 Å². The van der Waals surface area contributed by atoms with Gasteiger partial charge in [0.2, 0.25) is 0 Å². The van der Waals surface area contributed by atoms with Gasteiger partial charge in [0.25, 0.3) is 0 Å². The summed E-state index contributed by atoms with van der Waals surface area (Å²) in [5.74, 6) is 0. The summed E-state index contributed by atoms with van der Waals surface area (Å²) in [5, 5.41) is 2.28. The molecule has 0 N–H and O–H groups in total. The van der Waals surface area contributed by atoms with E-state index >= 15 is 0 Å². The third-order valence-corrected chi connectivity index (χ3v) is 8.30. The first-order valence-electron chi connectivity index (χ1n) is 15.6. The van der Waals surface area contributed by atoms with Crippen LogP contribution < -0.4 is 4.90 Å². The van der Waals surface area contributed by atoms with Crippen LogP contribution in [0, 0.1) is 0 Å². The highest BCUT2D eigenvalue weighted by molar-refractivity contribution is 6.06. The van der Waals surface area contributed by atoms with Gasteiger partial charge in [-0.3, -0.25) is 0 Å². The lowest BCUT2D eigenvalue weighted by Gasteiger charge is -2.26. The fourth-order valence-corrected chi connectivity index (χ4v) is 6.07. The summed E-state index contributed by atoms with van der Waals surface area (Å²) in [6, 6.07) is 51.8. The minimum Gasteiger partial charge on any atom is -0.456 e. The molecule has 0 aliphatic heterocycles. The van der Waals surface area contributed by atoms with Gasteiger partial charge in [0.05, 0.1) is 0 Å². The molecule has 1 aromatic heterocycles. The van der Waals surface area contributed by atoms with E-state index in [1.807, 2.05) is 12.1 Å². The van der Waals surface area contributed by atoms with Gasteiger partial charge < -0.3 is 9.32 Å². The molecule has 0 atom stereocenters. The van der Waals surface area contributed by atoms with E-state index in [0.717, 1.165) is 45.4 Å². The normalized spacial score (nSPS) is 11.9. The van der Waals surface area contributed by atoms with Crippen molar-refractivity contribution >= 4 is 44.6 Å². The van der Waals surface area contributed by atoms with Gasteiger partial charge in [-0.05, 0) is 101 Å². The molecule has 6 aromatic carbocycles. The van der Waals surface area contributed by atoms with Crippen molar-refractivity contribution in [3.05, 3.63) is 169 Å². The average Bonchev–Trinajstić information content (AvgIpc) is 3.48. The van der Waals surface area contributed by atoms with Crippen molar-refractivity contribution in [3.8, 4) is 22.3 Å². The Labute approximate surface area is 265 Å². The van der Waals surface area contributed by atoms with Crippen LogP contribution in [0.2, 0.25) is 0 Å². The molecule has 0 amide bonds. The molecule has 0 saturated carbocycles. The summed E-state index contributed by atoms with van der Waals surface area (Å²) >= 11 is 0. The molecule has 0 saturated heterocycles. The minimum absolute atomic E-state index is 0.913. The predicted molar refractivity (Wildman–Crippen MR) is 192 cm³/mol. The Morgan fingerprint density at radius 1 is 0.556 bits per heavy atom. The Balaban J connectivity index is 1.27. The number of anilines is 3. The number of allylic oxidation sites excluding steroid dienone is 4. The van der Waals surface area contributed by atoms with Crippen LogP contribution in [0.15, 0.2) is 168 Å². The zero-order valence-corrected chi connectivity index (χ0v) is 25.7. The minimum atomic E-state index is 0.913. The molecule has 0 aliphatic rings. The Bertz CT molecular complexity index is 2110. The van der Waals surface area contributed by atoms with Gasteiger partial charge >= 0.3 is 0 Å². The van der Waals surface area contributed by atoms with Gasteiger partial charge in [0, 0.05) is 27.8 Å². The monoisotopic (exact) mass is 581 g/mol. The SMILES string of the molecule is C/C=C\C(=C/CC)c1ccc(N(c2ccc(-c3ccccc3)cc2)c2ccc(-c3ccc4oc5ccccc5c4c3)cc2)cc1. The van der Waals surface area contributed by atoms with E-state index in [2.05, 4.69) is 170 Å². The maximum atomic E-state index is 6.06. The third-order valence-electron chi connectivity index (χ3n) is 8.30. The van der Waals surface area contributed by atoms with Gasteiger partial charge in [-0.2, -0.15) is 0 Å². The summed E-state index contributed by atoms with van der Waals surface area (Å²) in [7, 11) is 0. The second-order valence-corrected chi connectivity index (χ2v) is 11.2. The summed E-state index contributed by atoms with van der Waals surface area (Å²) in [5.41, 5.74) is 12.4. The van der Waals surface area contributed by atoms with Gasteiger partial charge in [-0.1, -0.05) is 116 Å². The van der Waals surface area contributed by atoms with Gasteiger partial charge in [0.1, 0.15) is 11.2 Å².